The van der Waals surface area contributed by atoms with Crippen molar-refractivity contribution in [3.05, 3.63) is 65.5 Å². The van der Waals surface area contributed by atoms with E-state index in [1.54, 1.807) is 52.0 Å². The number of carbonyl (C=O) groups excluding carboxylic acids is 2. The van der Waals surface area contributed by atoms with Gasteiger partial charge in [0, 0.05) is 12.2 Å². The van der Waals surface area contributed by atoms with Crippen LogP contribution in [0.4, 0.5) is 14.9 Å². The smallest absolute Gasteiger partial charge is 0.415 e. The number of hydrogen-bond acceptors (Lipinski definition) is 4. The van der Waals surface area contributed by atoms with Crippen LogP contribution in [0.15, 0.2) is 48.5 Å². The maximum Gasteiger partial charge on any atom is 0.415 e. The largest absolute Gasteiger partial charge is 0.443 e. The molecule has 6 nitrogen and oxygen atoms in total. The van der Waals surface area contributed by atoms with E-state index in [9.17, 15) is 14.0 Å². The number of halogens is 1. The maximum absolute atomic E-state index is 13.6. The average Bonchev–Trinajstić information content (AvgIpc) is 2.63. The van der Waals surface area contributed by atoms with Crippen molar-refractivity contribution in [2.75, 3.05) is 4.90 Å². The highest BCUT2D eigenvalue weighted by Gasteiger charge is 2.24. The molecule has 2 amide bonds. The van der Waals surface area contributed by atoms with Crippen LogP contribution < -0.4 is 16.0 Å². The number of rotatable bonds is 7. The van der Waals surface area contributed by atoms with Gasteiger partial charge in [-0.1, -0.05) is 24.3 Å². The number of amides is 2. The van der Waals surface area contributed by atoms with Gasteiger partial charge in [0.05, 0.1) is 12.6 Å². The minimum Gasteiger partial charge on any atom is -0.443 e. The van der Waals surface area contributed by atoms with Gasteiger partial charge >= 0.3 is 6.09 Å². The molecule has 0 saturated carbocycles. The Hall–Kier alpha value is -2.93. The molecule has 0 aliphatic rings. The molecule has 0 radical (unpaired) electrons. The summed E-state index contributed by atoms with van der Waals surface area (Å²) >= 11 is 0. The molecule has 1 atom stereocenters. The molecule has 0 aliphatic carbocycles. The maximum atomic E-state index is 13.6. The van der Waals surface area contributed by atoms with Crippen LogP contribution in [-0.4, -0.2) is 23.6 Å². The summed E-state index contributed by atoms with van der Waals surface area (Å²) in [7, 11) is 0. The Morgan fingerprint density at radius 2 is 1.79 bits per heavy atom. The number of nitrogens with zero attached hydrogens (tertiary/aromatic N) is 1. The van der Waals surface area contributed by atoms with E-state index in [2.05, 4.69) is 5.32 Å². The number of benzene rings is 2. The molecule has 1 unspecified atom stereocenters. The topological polar surface area (TPSA) is 84.7 Å². The van der Waals surface area contributed by atoms with Crippen LogP contribution in [0.5, 0.6) is 0 Å². The van der Waals surface area contributed by atoms with Gasteiger partial charge in [-0.2, -0.15) is 0 Å². The van der Waals surface area contributed by atoms with Gasteiger partial charge in [0.2, 0.25) is 5.91 Å². The summed E-state index contributed by atoms with van der Waals surface area (Å²) in [6, 6.07) is 12.9. The average molecular weight is 401 g/mol. The third-order valence-electron chi connectivity index (χ3n) is 4.13. The molecule has 0 heterocycles. The van der Waals surface area contributed by atoms with Crippen LogP contribution in [-0.2, 0) is 22.6 Å². The summed E-state index contributed by atoms with van der Waals surface area (Å²) in [6.07, 6.45) is -0.519. The van der Waals surface area contributed by atoms with Crippen molar-refractivity contribution in [2.24, 2.45) is 5.73 Å². The summed E-state index contributed by atoms with van der Waals surface area (Å²) in [5.41, 5.74) is 6.78. The molecule has 0 aliphatic heterocycles. The van der Waals surface area contributed by atoms with Gasteiger partial charge in [-0.05, 0) is 63.1 Å². The molecule has 0 saturated heterocycles. The number of hydrogen-bond donors (Lipinski definition) is 2. The predicted octanol–water partition coefficient (Wildman–Crippen LogP) is 3.73. The van der Waals surface area contributed by atoms with Crippen molar-refractivity contribution >= 4 is 17.7 Å². The number of primary amides is 1. The molecule has 29 heavy (non-hydrogen) atoms. The van der Waals surface area contributed by atoms with Crippen molar-refractivity contribution in [3.8, 4) is 0 Å². The molecular weight excluding hydrogens is 373 g/mol. The molecule has 0 bridgehead atoms. The van der Waals surface area contributed by atoms with Gasteiger partial charge in [0.1, 0.15) is 11.4 Å². The third-order valence-corrected chi connectivity index (χ3v) is 4.13. The van der Waals surface area contributed by atoms with Gasteiger partial charge in [0.25, 0.3) is 0 Å². The van der Waals surface area contributed by atoms with E-state index >= 15 is 0 Å². The van der Waals surface area contributed by atoms with Crippen LogP contribution in [0.25, 0.3) is 0 Å². The van der Waals surface area contributed by atoms with E-state index in [-0.39, 0.29) is 12.4 Å². The molecule has 2 aromatic carbocycles. The Balaban J connectivity index is 2.21. The summed E-state index contributed by atoms with van der Waals surface area (Å²) < 4.78 is 19.1. The highest BCUT2D eigenvalue weighted by atomic mass is 19.1. The zero-order chi connectivity index (χ0) is 21.6. The molecule has 2 rings (SSSR count). The number of carbonyl (C=O) groups is 2. The van der Waals surface area contributed by atoms with Gasteiger partial charge in [-0.25, -0.2) is 9.18 Å². The molecule has 0 spiro atoms. The Bertz CT molecular complexity index is 847. The molecular formula is C22H28FN3O3. The lowest BCUT2D eigenvalue weighted by molar-refractivity contribution is -0.119. The fourth-order valence-electron chi connectivity index (χ4n) is 2.56. The van der Waals surface area contributed by atoms with E-state index < -0.39 is 23.6 Å². The first-order valence-electron chi connectivity index (χ1n) is 9.42. The number of ether oxygens (including phenoxy) is 1. The van der Waals surface area contributed by atoms with Gasteiger partial charge in [-0.3, -0.25) is 9.69 Å². The van der Waals surface area contributed by atoms with Crippen LogP contribution >= 0.6 is 0 Å². The Labute approximate surface area is 170 Å². The van der Waals surface area contributed by atoms with Gasteiger partial charge < -0.3 is 15.8 Å². The van der Waals surface area contributed by atoms with Crippen LogP contribution in [0.1, 0.15) is 38.8 Å². The first-order valence-corrected chi connectivity index (χ1v) is 9.42. The van der Waals surface area contributed by atoms with Crippen LogP contribution in [0.3, 0.4) is 0 Å². The molecule has 0 fully saturated rings. The molecule has 0 aromatic heterocycles. The first-order chi connectivity index (χ1) is 13.5. The summed E-state index contributed by atoms with van der Waals surface area (Å²) in [5.74, 6) is -0.788. The van der Waals surface area contributed by atoms with Crippen molar-refractivity contribution in [1.29, 1.82) is 0 Å². The lowest BCUT2D eigenvalue weighted by atomic mass is 10.1. The summed E-state index contributed by atoms with van der Waals surface area (Å²) in [5, 5.41) is 3.03. The number of anilines is 1. The molecule has 2 aromatic rings. The monoisotopic (exact) mass is 401 g/mol. The minimum atomic E-state index is -0.661. The Kier molecular flexibility index (Phi) is 7.34. The van der Waals surface area contributed by atoms with Crippen molar-refractivity contribution in [2.45, 2.75) is 52.4 Å². The second-order valence-corrected chi connectivity index (χ2v) is 7.87. The Morgan fingerprint density at radius 3 is 2.34 bits per heavy atom. The third kappa shape index (κ3) is 7.19. The second kappa shape index (κ2) is 9.52. The van der Waals surface area contributed by atoms with E-state index in [0.717, 1.165) is 5.56 Å². The van der Waals surface area contributed by atoms with E-state index in [1.807, 2.05) is 12.1 Å². The highest BCUT2D eigenvalue weighted by Crippen LogP contribution is 2.22. The van der Waals surface area contributed by atoms with Crippen LogP contribution in [0, 0.1) is 5.82 Å². The van der Waals surface area contributed by atoms with Crippen molar-refractivity contribution in [3.63, 3.8) is 0 Å². The standard InChI is InChI=1S/C22H28FN3O3/c1-15(20(24)27)25-13-16-8-10-19(11-9-16)26(21(28)29-22(2,3)4)14-17-6-5-7-18(23)12-17/h5-12,15,25H,13-14H2,1-4H3,(H2,24,27). The summed E-state index contributed by atoms with van der Waals surface area (Å²) in [6.45, 7) is 7.70. The van der Waals surface area contributed by atoms with E-state index in [0.29, 0.717) is 17.8 Å². The SMILES string of the molecule is CC(NCc1ccc(N(Cc2cccc(F)c2)C(=O)OC(C)(C)C)cc1)C(N)=O. The van der Waals surface area contributed by atoms with Crippen molar-refractivity contribution < 1.29 is 18.7 Å². The lowest BCUT2D eigenvalue weighted by Gasteiger charge is -2.27. The van der Waals surface area contributed by atoms with E-state index in [1.165, 1.54) is 17.0 Å². The Morgan fingerprint density at radius 1 is 1.14 bits per heavy atom. The number of nitrogens with one attached hydrogen (secondary N) is 1. The lowest BCUT2D eigenvalue weighted by Crippen LogP contribution is -2.38. The molecule has 7 heteroatoms. The van der Waals surface area contributed by atoms with Gasteiger partial charge in [-0.15, -0.1) is 0 Å². The fraction of sp³-hybridized carbons (Fsp3) is 0.364. The predicted molar refractivity (Wildman–Crippen MR) is 111 cm³/mol. The quantitative estimate of drug-likeness (QED) is 0.740. The normalized spacial score (nSPS) is 12.3. The van der Waals surface area contributed by atoms with E-state index in [4.69, 9.17) is 10.5 Å². The highest BCUT2D eigenvalue weighted by molar-refractivity contribution is 5.87. The molecule has 3 N–H and O–H groups in total. The zero-order valence-electron chi connectivity index (χ0n) is 17.2. The molecule has 156 valence electrons. The van der Waals surface area contributed by atoms with Crippen molar-refractivity contribution in [1.82, 2.24) is 5.32 Å². The summed E-state index contributed by atoms with van der Waals surface area (Å²) in [4.78, 5) is 25.4. The number of nitrogens with two attached hydrogens (primary N) is 1. The van der Waals surface area contributed by atoms with Gasteiger partial charge in [0.15, 0.2) is 0 Å². The minimum absolute atomic E-state index is 0.170. The van der Waals surface area contributed by atoms with Crippen LogP contribution in [0.2, 0.25) is 0 Å². The first kappa shape index (κ1) is 22.4. The zero-order valence-corrected chi connectivity index (χ0v) is 17.2. The second-order valence-electron chi connectivity index (χ2n) is 7.87. The fourth-order valence-corrected chi connectivity index (χ4v) is 2.56.